The summed E-state index contributed by atoms with van der Waals surface area (Å²) < 4.78 is 0. The summed E-state index contributed by atoms with van der Waals surface area (Å²) in [6.45, 7) is 0.645. The van der Waals surface area contributed by atoms with Crippen LogP contribution in [0.4, 0.5) is 5.69 Å². The maximum Gasteiger partial charge on any atom is 0.250 e. The van der Waals surface area contributed by atoms with Crippen molar-refractivity contribution < 1.29 is 4.79 Å². The Bertz CT molecular complexity index is 432. The second-order valence-electron chi connectivity index (χ2n) is 4.44. The van der Waals surface area contributed by atoms with E-state index in [9.17, 15) is 4.79 Å². The Morgan fingerprint density at radius 2 is 2.24 bits per heavy atom. The number of benzene rings is 1. The summed E-state index contributed by atoms with van der Waals surface area (Å²) in [5, 5.41) is 3.65. The maximum absolute atomic E-state index is 11.3. The summed E-state index contributed by atoms with van der Waals surface area (Å²) in [4.78, 5) is 11.3. The van der Waals surface area contributed by atoms with Crippen LogP contribution in [-0.4, -0.2) is 18.5 Å². The third-order valence-electron chi connectivity index (χ3n) is 3.00. The van der Waals surface area contributed by atoms with Crippen molar-refractivity contribution in [2.75, 3.05) is 11.9 Å². The van der Waals surface area contributed by atoms with Gasteiger partial charge in [0, 0.05) is 23.3 Å². The van der Waals surface area contributed by atoms with E-state index in [0.717, 1.165) is 0 Å². The lowest BCUT2D eigenvalue weighted by Gasteiger charge is -2.14. The molecule has 1 amide bonds. The minimum absolute atomic E-state index is 0.131. The zero-order valence-electron chi connectivity index (χ0n) is 9.45. The Morgan fingerprint density at radius 3 is 2.82 bits per heavy atom. The number of hydrogen-bond acceptors (Lipinski definition) is 3. The molecule has 92 valence electrons. The Labute approximate surface area is 105 Å². The molecule has 1 saturated carbocycles. The van der Waals surface area contributed by atoms with Gasteiger partial charge >= 0.3 is 0 Å². The van der Waals surface area contributed by atoms with Crippen molar-refractivity contribution in [1.82, 2.24) is 0 Å². The summed E-state index contributed by atoms with van der Waals surface area (Å²) >= 11 is 5.82. The monoisotopic (exact) mass is 253 g/mol. The van der Waals surface area contributed by atoms with Gasteiger partial charge in [-0.2, -0.15) is 0 Å². The van der Waals surface area contributed by atoms with Gasteiger partial charge in [-0.1, -0.05) is 11.6 Å². The Hall–Kier alpha value is -1.26. The summed E-state index contributed by atoms with van der Waals surface area (Å²) in [5.74, 6) is 0.127. The minimum atomic E-state index is -0.491. The molecule has 1 aromatic carbocycles. The highest BCUT2D eigenvalue weighted by molar-refractivity contribution is 6.31. The number of rotatable bonds is 5. The average molecular weight is 254 g/mol. The SMILES string of the molecule is NC(=O)c1cc(Cl)ccc1NCC(N)C1CC1. The lowest BCUT2D eigenvalue weighted by molar-refractivity contribution is 0.100. The van der Waals surface area contributed by atoms with Crippen molar-refractivity contribution in [3.8, 4) is 0 Å². The second kappa shape index (κ2) is 4.94. The van der Waals surface area contributed by atoms with E-state index >= 15 is 0 Å². The van der Waals surface area contributed by atoms with Crippen molar-refractivity contribution >= 4 is 23.2 Å². The molecule has 1 aliphatic rings. The first-order chi connectivity index (χ1) is 8.08. The zero-order chi connectivity index (χ0) is 12.4. The number of carbonyl (C=O) groups is 1. The van der Waals surface area contributed by atoms with E-state index in [4.69, 9.17) is 23.1 Å². The van der Waals surface area contributed by atoms with Crippen LogP contribution in [0, 0.1) is 5.92 Å². The first kappa shape index (κ1) is 12.2. The standard InChI is InChI=1S/C12H16ClN3O/c13-8-3-4-11(9(5-8)12(15)17)16-6-10(14)7-1-2-7/h3-5,7,10,16H,1-2,6,14H2,(H2,15,17). The normalized spacial score (nSPS) is 16.6. The van der Waals surface area contributed by atoms with Crippen LogP contribution in [0.25, 0.3) is 0 Å². The van der Waals surface area contributed by atoms with Crippen LogP contribution in [0.15, 0.2) is 18.2 Å². The number of anilines is 1. The maximum atomic E-state index is 11.3. The Morgan fingerprint density at radius 1 is 1.53 bits per heavy atom. The van der Waals surface area contributed by atoms with Crippen molar-refractivity contribution in [1.29, 1.82) is 0 Å². The van der Waals surface area contributed by atoms with Gasteiger partial charge in [0.2, 0.25) is 0 Å². The average Bonchev–Trinajstić information content (AvgIpc) is 3.10. The number of nitrogens with two attached hydrogens (primary N) is 2. The van der Waals surface area contributed by atoms with Crippen molar-refractivity contribution in [2.45, 2.75) is 18.9 Å². The Balaban J connectivity index is 2.06. The van der Waals surface area contributed by atoms with Gasteiger partial charge in [-0.05, 0) is 37.0 Å². The van der Waals surface area contributed by atoms with Crippen LogP contribution in [0.5, 0.6) is 0 Å². The van der Waals surface area contributed by atoms with Crippen molar-refractivity contribution in [3.63, 3.8) is 0 Å². The number of carbonyl (C=O) groups excluding carboxylic acids is 1. The van der Waals surface area contributed by atoms with E-state index in [0.29, 0.717) is 28.7 Å². The molecule has 1 aliphatic carbocycles. The van der Waals surface area contributed by atoms with E-state index in [-0.39, 0.29) is 6.04 Å². The third-order valence-corrected chi connectivity index (χ3v) is 3.24. The molecule has 5 N–H and O–H groups in total. The minimum Gasteiger partial charge on any atom is -0.383 e. The fourth-order valence-electron chi connectivity index (χ4n) is 1.79. The van der Waals surface area contributed by atoms with Crippen molar-refractivity contribution in [3.05, 3.63) is 28.8 Å². The molecule has 0 radical (unpaired) electrons. The molecule has 0 heterocycles. The smallest absolute Gasteiger partial charge is 0.250 e. The van der Waals surface area contributed by atoms with E-state index in [2.05, 4.69) is 5.32 Å². The fourth-order valence-corrected chi connectivity index (χ4v) is 1.97. The van der Waals surface area contributed by atoms with Crippen LogP contribution in [-0.2, 0) is 0 Å². The molecule has 0 saturated heterocycles. The predicted octanol–water partition coefficient (Wildman–Crippen LogP) is 1.59. The molecular formula is C12H16ClN3O. The summed E-state index contributed by atoms with van der Waals surface area (Å²) in [6, 6.07) is 5.17. The zero-order valence-corrected chi connectivity index (χ0v) is 10.2. The van der Waals surface area contributed by atoms with Gasteiger partial charge in [-0.3, -0.25) is 4.79 Å². The molecule has 0 bridgehead atoms. The fraction of sp³-hybridized carbons (Fsp3) is 0.417. The van der Waals surface area contributed by atoms with E-state index in [1.54, 1.807) is 18.2 Å². The number of halogens is 1. The molecule has 4 nitrogen and oxygen atoms in total. The van der Waals surface area contributed by atoms with Crippen LogP contribution in [0.3, 0.4) is 0 Å². The molecule has 5 heteroatoms. The molecule has 0 aromatic heterocycles. The molecule has 17 heavy (non-hydrogen) atoms. The van der Waals surface area contributed by atoms with Gasteiger partial charge < -0.3 is 16.8 Å². The number of amides is 1. The lowest BCUT2D eigenvalue weighted by Crippen LogP contribution is -2.31. The molecule has 1 fully saturated rings. The third kappa shape index (κ3) is 3.11. The van der Waals surface area contributed by atoms with Crippen LogP contribution in [0.1, 0.15) is 23.2 Å². The topological polar surface area (TPSA) is 81.1 Å². The van der Waals surface area contributed by atoms with E-state index < -0.39 is 5.91 Å². The van der Waals surface area contributed by atoms with Gasteiger partial charge in [0.1, 0.15) is 0 Å². The first-order valence-corrected chi connectivity index (χ1v) is 6.04. The highest BCUT2D eigenvalue weighted by atomic mass is 35.5. The molecule has 0 spiro atoms. The number of nitrogens with one attached hydrogen (secondary N) is 1. The number of primary amides is 1. The first-order valence-electron chi connectivity index (χ1n) is 5.66. The van der Waals surface area contributed by atoms with Crippen LogP contribution in [0.2, 0.25) is 5.02 Å². The highest BCUT2D eigenvalue weighted by Crippen LogP contribution is 2.31. The summed E-state index contributed by atoms with van der Waals surface area (Å²) in [7, 11) is 0. The van der Waals surface area contributed by atoms with E-state index in [1.165, 1.54) is 12.8 Å². The summed E-state index contributed by atoms with van der Waals surface area (Å²) in [6.07, 6.45) is 2.40. The molecule has 2 rings (SSSR count). The molecular weight excluding hydrogens is 238 g/mol. The Kier molecular flexibility index (Phi) is 3.54. The number of hydrogen-bond donors (Lipinski definition) is 3. The van der Waals surface area contributed by atoms with Gasteiger partial charge in [0.25, 0.3) is 5.91 Å². The molecule has 1 aromatic rings. The highest BCUT2D eigenvalue weighted by Gasteiger charge is 2.28. The van der Waals surface area contributed by atoms with Gasteiger partial charge in [0.05, 0.1) is 5.56 Å². The largest absolute Gasteiger partial charge is 0.383 e. The van der Waals surface area contributed by atoms with Crippen LogP contribution >= 0.6 is 11.6 Å². The second-order valence-corrected chi connectivity index (χ2v) is 4.87. The quantitative estimate of drug-likeness (QED) is 0.745. The molecule has 1 unspecified atom stereocenters. The van der Waals surface area contributed by atoms with Gasteiger partial charge in [-0.25, -0.2) is 0 Å². The predicted molar refractivity (Wildman–Crippen MR) is 69.2 cm³/mol. The van der Waals surface area contributed by atoms with Gasteiger partial charge in [0.15, 0.2) is 0 Å². The van der Waals surface area contributed by atoms with Crippen LogP contribution < -0.4 is 16.8 Å². The van der Waals surface area contributed by atoms with Crippen molar-refractivity contribution in [2.24, 2.45) is 17.4 Å². The van der Waals surface area contributed by atoms with Gasteiger partial charge in [-0.15, -0.1) is 0 Å². The summed E-state index contributed by atoms with van der Waals surface area (Å²) in [5.41, 5.74) is 12.4. The van der Waals surface area contributed by atoms with E-state index in [1.807, 2.05) is 0 Å². The molecule has 1 atom stereocenters. The lowest BCUT2D eigenvalue weighted by atomic mass is 10.1. The molecule has 0 aliphatic heterocycles.